The van der Waals surface area contributed by atoms with Gasteiger partial charge in [-0.25, -0.2) is 0 Å². The number of nitrogens with zero attached hydrogens (tertiary/aromatic N) is 1. The maximum absolute atomic E-state index is 6.97. The van der Waals surface area contributed by atoms with Gasteiger partial charge in [0.15, 0.2) is 0 Å². The topological polar surface area (TPSA) is 60.4 Å². The van der Waals surface area contributed by atoms with Gasteiger partial charge in [0.05, 0.1) is 0 Å². The monoisotopic (exact) mass is 54.0 g/mol. The predicted octanol–water partition coefficient (Wildman–Crippen LogP) is -3.37. The average molecular weight is 54.0 g/mol. The summed E-state index contributed by atoms with van der Waals surface area (Å²) >= 11 is 0. The molecule has 0 aliphatic heterocycles. The zero-order valence-corrected chi connectivity index (χ0v) is 2.47. The van der Waals surface area contributed by atoms with Crippen molar-refractivity contribution in [3.8, 4) is 0 Å². The van der Waals surface area contributed by atoms with E-state index >= 15 is 0 Å². The van der Waals surface area contributed by atoms with E-state index < -0.39 is 0 Å². The van der Waals surface area contributed by atoms with Gasteiger partial charge in [-0.05, 0) is 0 Å². The van der Waals surface area contributed by atoms with Crippen molar-refractivity contribution in [2.75, 3.05) is 0 Å². The molecule has 0 rings (SSSR count). The van der Waals surface area contributed by atoms with E-state index in [9.17, 15) is 0 Å². The summed E-state index contributed by atoms with van der Waals surface area (Å²) in [6.07, 6.45) is 0. The third kappa shape index (κ3) is 23.7. The summed E-state index contributed by atoms with van der Waals surface area (Å²) in [7, 11) is 0. The van der Waals surface area contributed by atoms with Crippen molar-refractivity contribution in [1.29, 1.82) is 0 Å². The van der Waals surface area contributed by atoms with E-state index in [1.54, 1.807) is 0 Å². The fourth-order valence-electron chi connectivity index (χ4n) is 0. The number of nitrogens with two attached hydrogens (primary N) is 1. The van der Waals surface area contributed by atoms with Crippen LogP contribution in [0.4, 0.5) is 0 Å². The molecule has 20 valence electrons. The van der Waals surface area contributed by atoms with Crippen LogP contribution in [0.2, 0.25) is 0 Å². The maximum Gasteiger partial charge on any atom is 1.00 e. The normalized spacial score (nSPS) is 4.50. The number of hydrogen-bond donors (Lipinski definition) is 2. The van der Waals surface area contributed by atoms with E-state index in [0.29, 0.717) is 0 Å². The maximum atomic E-state index is 6.97. The summed E-state index contributed by atoms with van der Waals surface area (Å²) in [5.74, 6) is 4.03. The molecule has 0 amide bonds. The van der Waals surface area contributed by atoms with Crippen LogP contribution < -0.4 is 24.7 Å². The number of hydrogen-bond acceptors (Lipinski definition) is 2. The van der Waals surface area contributed by atoms with E-state index in [-0.39, 0.29) is 18.9 Å². The predicted molar refractivity (Wildman–Crippen MR) is 9.33 cm³/mol. The van der Waals surface area contributed by atoms with E-state index in [2.05, 4.69) is 5.84 Å². The van der Waals surface area contributed by atoms with Crippen molar-refractivity contribution < 1.29 is 24.1 Å². The van der Waals surface area contributed by atoms with E-state index in [1.807, 2.05) is 5.59 Å². The molecule has 0 atom stereocenters. The SMILES string of the molecule is N[N-]O.[Li+]. The first kappa shape index (κ1) is 8.82. The van der Waals surface area contributed by atoms with Crippen LogP contribution >= 0.6 is 0 Å². The van der Waals surface area contributed by atoms with Crippen LogP contribution in [0.5, 0.6) is 0 Å². The molecule has 0 aromatic carbocycles. The molecule has 0 aliphatic rings. The second kappa shape index (κ2) is 9.78. The Morgan fingerprint density at radius 3 is 1.75 bits per heavy atom. The molecular formula is H3LiN2O. The van der Waals surface area contributed by atoms with Crippen LogP contribution in [0.1, 0.15) is 0 Å². The van der Waals surface area contributed by atoms with Crippen molar-refractivity contribution in [1.82, 2.24) is 0 Å². The first-order chi connectivity index (χ1) is 1.41. The Kier molecular flexibility index (Phi) is 21.6. The minimum absolute atomic E-state index is 0. The van der Waals surface area contributed by atoms with Gasteiger partial charge in [-0.2, -0.15) is 0 Å². The Labute approximate surface area is 36.3 Å². The van der Waals surface area contributed by atoms with Crippen LogP contribution in [0.3, 0.4) is 0 Å². The van der Waals surface area contributed by atoms with Crippen molar-refractivity contribution in [3.05, 3.63) is 5.59 Å². The van der Waals surface area contributed by atoms with Crippen molar-refractivity contribution in [2.45, 2.75) is 0 Å². The molecule has 0 spiro atoms. The molecule has 0 aromatic heterocycles. The summed E-state index contributed by atoms with van der Waals surface area (Å²) in [5.41, 5.74) is 2.00. The van der Waals surface area contributed by atoms with Gasteiger partial charge in [0, 0.05) is 0 Å². The molecule has 0 aromatic rings. The summed E-state index contributed by atoms with van der Waals surface area (Å²) < 4.78 is 0. The van der Waals surface area contributed by atoms with Crippen LogP contribution in [0.15, 0.2) is 0 Å². The Bertz CT molecular complexity index is 6.00. The molecule has 0 saturated heterocycles. The van der Waals surface area contributed by atoms with Gasteiger partial charge in [-0.1, -0.05) is 0 Å². The molecule has 0 aliphatic carbocycles. The molecule has 0 radical (unpaired) electrons. The summed E-state index contributed by atoms with van der Waals surface area (Å²) in [5, 5.41) is 6.97. The largest absolute Gasteiger partial charge is 1.00 e. The van der Waals surface area contributed by atoms with E-state index in [1.165, 1.54) is 0 Å². The van der Waals surface area contributed by atoms with Crippen molar-refractivity contribution in [2.24, 2.45) is 5.84 Å². The summed E-state index contributed by atoms with van der Waals surface area (Å²) in [6, 6.07) is 0. The molecule has 4 heteroatoms. The average Bonchev–Trinajstić information content (AvgIpc) is 0.918. The van der Waals surface area contributed by atoms with Gasteiger partial charge < -0.3 is 16.6 Å². The van der Waals surface area contributed by atoms with Crippen LogP contribution in [0, 0.1) is 0 Å². The molecular weight excluding hydrogens is 51.0 g/mol. The Hall–Kier alpha value is 0.477. The van der Waals surface area contributed by atoms with Crippen LogP contribution in [-0.2, 0) is 0 Å². The first-order valence-corrected chi connectivity index (χ1v) is 0.458. The molecule has 3 N–H and O–H groups in total. The zero-order valence-electron chi connectivity index (χ0n) is 2.47. The minimum atomic E-state index is 0. The Morgan fingerprint density at radius 2 is 1.75 bits per heavy atom. The third-order valence-electron chi connectivity index (χ3n) is 0. The first-order valence-electron chi connectivity index (χ1n) is 0.458. The molecule has 0 saturated carbocycles. The second-order valence-electron chi connectivity index (χ2n) is 0.115. The molecule has 4 heavy (non-hydrogen) atoms. The van der Waals surface area contributed by atoms with Gasteiger partial charge in [-0.3, -0.25) is 0 Å². The molecule has 0 fully saturated rings. The molecule has 0 heterocycles. The molecule has 0 bridgehead atoms. The quantitative estimate of drug-likeness (QED) is 0.172. The summed E-state index contributed by atoms with van der Waals surface area (Å²) in [6.45, 7) is 0. The fourth-order valence-corrected chi connectivity index (χ4v) is 0. The van der Waals surface area contributed by atoms with Gasteiger partial charge in [0.2, 0.25) is 0 Å². The third-order valence-corrected chi connectivity index (χ3v) is 0. The summed E-state index contributed by atoms with van der Waals surface area (Å²) in [4.78, 5) is 0. The fraction of sp³-hybridized carbons (Fsp3) is 0. The smallest absolute Gasteiger partial charge is 0.488 e. The van der Waals surface area contributed by atoms with Crippen molar-refractivity contribution in [3.63, 3.8) is 0 Å². The van der Waals surface area contributed by atoms with E-state index in [4.69, 9.17) is 5.21 Å². The van der Waals surface area contributed by atoms with Crippen molar-refractivity contribution >= 4 is 0 Å². The molecule has 3 nitrogen and oxygen atoms in total. The molecule has 0 unspecified atom stereocenters. The Balaban J connectivity index is 0. The number of rotatable bonds is 0. The van der Waals surface area contributed by atoms with Gasteiger partial charge >= 0.3 is 18.9 Å². The Morgan fingerprint density at radius 1 is 1.75 bits per heavy atom. The minimum Gasteiger partial charge on any atom is -0.488 e. The van der Waals surface area contributed by atoms with Crippen LogP contribution in [-0.4, -0.2) is 5.21 Å². The van der Waals surface area contributed by atoms with E-state index in [0.717, 1.165) is 0 Å². The van der Waals surface area contributed by atoms with Gasteiger partial charge in [0.1, 0.15) is 0 Å². The second-order valence-corrected chi connectivity index (χ2v) is 0.115. The van der Waals surface area contributed by atoms with Gasteiger partial charge in [-0.15, -0.1) is 0 Å². The van der Waals surface area contributed by atoms with Gasteiger partial charge in [0.25, 0.3) is 0 Å². The van der Waals surface area contributed by atoms with Crippen LogP contribution in [0.25, 0.3) is 5.59 Å². The standard InChI is InChI=1S/Li.H3N2O/c;1-2-3/h;3H,1H2/q+1;-1. The zero-order chi connectivity index (χ0) is 2.71.